The fourth-order valence-electron chi connectivity index (χ4n) is 6.11. The predicted octanol–water partition coefficient (Wildman–Crippen LogP) is 4.12. The van der Waals surface area contributed by atoms with Crippen LogP contribution in [0.2, 0.25) is 0 Å². The summed E-state index contributed by atoms with van der Waals surface area (Å²) in [4.78, 5) is 29.9. The Morgan fingerprint density at radius 3 is 2.79 bits per heavy atom. The number of anilines is 1. The summed E-state index contributed by atoms with van der Waals surface area (Å²) in [7, 11) is 0. The molecular formula is C29H28F2N6O2. The molecule has 2 unspecified atom stereocenters. The lowest BCUT2D eigenvalue weighted by atomic mass is 10.0. The fraction of sp³-hybridized carbons (Fsp3) is 0.379. The van der Waals surface area contributed by atoms with Crippen LogP contribution < -0.4 is 20.6 Å². The molecule has 2 atom stereocenters. The molecular weight excluding hydrogens is 502 g/mol. The van der Waals surface area contributed by atoms with Crippen molar-refractivity contribution in [3.8, 4) is 22.7 Å². The zero-order chi connectivity index (χ0) is 26.8. The Morgan fingerprint density at radius 2 is 2.03 bits per heavy atom. The minimum atomic E-state index is -0.708. The molecule has 0 amide bonds. The Bertz CT molecular complexity index is 1690. The summed E-state index contributed by atoms with van der Waals surface area (Å²) in [6.45, 7) is 5.76. The van der Waals surface area contributed by atoms with Gasteiger partial charge in [0, 0.05) is 25.3 Å². The number of aryl methyl sites for hydroxylation is 1. The van der Waals surface area contributed by atoms with E-state index in [0.29, 0.717) is 48.0 Å². The summed E-state index contributed by atoms with van der Waals surface area (Å²) in [6, 6.07) is 8.12. The Morgan fingerprint density at radius 1 is 1.15 bits per heavy atom. The summed E-state index contributed by atoms with van der Waals surface area (Å²) in [5.41, 5.74) is 1.65. The van der Waals surface area contributed by atoms with Gasteiger partial charge in [-0.15, -0.1) is 0 Å². The van der Waals surface area contributed by atoms with Crippen LogP contribution in [0.25, 0.3) is 28.0 Å². The highest BCUT2D eigenvalue weighted by atomic mass is 19.1. The van der Waals surface area contributed by atoms with Gasteiger partial charge in [0.25, 0.3) is 0 Å². The van der Waals surface area contributed by atoms with Crippen molar-refractivity contribution in [3.63, 3.8) is 0 Å². The number of benzene rings is 1. The second kappa shape index (κ2) is 9.08. The van der Waals surface area contributed by atoms with Gasteiger partial charge in [-0.05, 0) is 55.0 Å². The molecule has 1 aromatic carbocycles. The molecule has 200 valence electrons. The first-order chi connectivity index (χ1) is 18.9. The van der Waals surface area contributed by atoms with Crippen molar-refractivity contribution in [2.24, 2.45) is 0 Å². The van der Waals surface area contributed by atoms with E-state index in [1.165, 1.54) is 22.8 Å². The topological polar surface area (TPSA) is 85.2 Å². The molecule has 39 heavy (non-hydrogen) atoms. The van der Waals surface area contributed by atoms with Crippen LogP contribution in [0.1, 0.15) is 43.9 Å². The second-order valence-corrected chi connectivity index (χ2v) is 10.7. The van der Waals surface area contributed by atoms with Gasteiger partial charge in [-0.3, -0.25) is 4.98 Å². The largest absolute Gasteiger partial charge is 0.493 e. The van der Waals surface area contributed by atoms with Crippen molar-refractivity contribution in [3.05, 3.63) is 69.9 Å². The number of fused-ring (bicyclic) bond motifs is 6. The first kappa shape index (κ1) is 24.1. The summed E-state index contributed by atoms with van der Waals surface area (Å²) in [5, 5.41) is 3.81. The smallest absolute Gasteiger partial charge is 0.355 e. The minimum absolute atomic E-state index is 0.00999. The van der Waals surface area contributed by atoms with Crippen molar-refractivity contribution in [1.82, 2.24) is 24.8 Å². The third-order valence-electron chi connectivity index (χ3n) is 8.08. The molecule has 6 heterocycles. The molecule has 0 radical (unpaired) electrons. The number of pyridine rings is 2. The van der Waals surface area contributed by atoms with E-state index in [4.69, 9.17) is 9.72 Å². The summed E-state index contributed by atoms with van der Waals surface area (Å²) >= 11 is 0. The predicted molar refractivity (Wildman–Crippen MR) is 144 cm³/mol. The molecule has 2 saturated heterocycles. The zero-order valence-corrected chi connectivity index (χ0v) is 21.7. The summed E-state index contributed by atoms with van der Waals surface area (Å²) in [5.74, 6) is -0.742. The summed E-state index contributed by atoms with van der Waals surface area (Å²) < 4.78 is 38.6. The lowest BCUT2D eigenvalue weighted by Crippen LogP contribution is -2.59. The number of hydrogen-bond acceptors (Lipinski definition) is 7. The fourth-order valence-corrected chi connectivity index (χ4v) is 6.11. The van der Waals surface area contributed by atoms with E-state index in [0.717, 1.165) is 18.5 Å². The Hall–Kier alpha value is -3.92. The number of hydrogen-bond donors (Lipinski definition) is 1. The average molecular weight is 531 g/mol. The maximum Gasteiger partial charge on any atom is 0.355 e. The van der Waals surface area contributed by atoms with Gasteiger partial charge < -0.3 is 15.0 Å². The molecule has 2 bridgehead atoms. The molecule has 1 N–H and O–H groups in total. The van der Waals surface area contributed by atoms with Gasteiger partial charge in [0.15, 0.2) is 11.5 Å². The van der Waals surface area contributed by atoms with Crippen LogP contribution in [0.4, 0.5) is 14.6 Å². The number of nitrogens with one attached hydrogen (secondary N) is 1. The van der Waals surface area contributed by atoms with Crippen LogP contribution in [0.3, 0.4) is 0 Å². The second-order valence-electron chi connectivity index (χ2n) is 10.7. The van der Waals surface area contributed by atoms with Gasteiger partial charge in [0.1, 0.15) is 23.1 Å². The Balaban J connectivity index is 1.61. The molecule has 3 aliphatic heterocycles. The molecule has 3 aliphatic rings. The normalized spacial score (nSPS) is 20.1. The lowest BCUT2D eigenvalue weighted by Gasteiger charge is -2.38. The molecule has 0 aliphatic carbocycles. The van der Waals surface area contributed by atoms with Crippen LogP contribution in [-0.2, 0) is 6.42 Å². The average Bonchev–Trinajstić information content (AvgIpc) is 3.18. The van der Waals surface area contributed by atoms with Crippen molar-refractivity contribution < 1.29 is 13.5 Å². The third-order valence-corrected chi connectivity index (χ3v) is 8.08. The van der Waals surface area contributed by atoms with E-state index < -0.39 is 17.3 Å². The van der Waals surface area contributed by atoms with Crippen LogP contribution in [0.15, 0.2) is 41.3 Å². The van der Waals surface area contributed by atoms with Crippen molar-refractivity contribution in [2.75, 3.05) is 24.6 Å². The molecule has 2 fully saturated rings. The summed E-state index contributed by atoms with van der Waals surface area (Å²) in [6.07, 6.45) is 3.84. The molecule has 7 rings (SSSR count). The van der Waals surface area contributed by atoms with Crippen LogP contribution in [0.5, 0.6) is 5.75 Å². The van der Waals surface area contributed by atoms with Gasteiger partial charge in [-0.25, -0.2) is 23.1 Å². The Kier molecular flexibility index (Phi) is 5.62. The number of nitrogens with zero attached hydrogens (tertiary/aromatic N) is 5. The SMILES string of the molecule is CC(C)c1nccc2c1-n1c(=O)nc(N3CCC4NCC43)c3cc(F)c(nc31)-c1c(F)cccc1OCCC2. The monoisotopic (exact) mass is 530 g/mol. The van der Waals surface area contributed by atoms with Crippen molar-refractivity contribution >= 4 is 16.9 Å². The van der Waals surface area contributed by atoms with Crippen molar-refractivity contribution in [2.45, 2.75) is 51.1 Å². The molecule has 0 spiro atoms. The van der Waals surface area contributed by atoms with Gasteiger partial charge >= 0.3 is 5.69 Å². The van der Waals surface area contributed by atoms with E-state index in [1.54, 1.807) is 12.3 Å². The Labute approximate surface area is 223 Å². The van der Waals surface area contributed by atoms with Crippen LogP contribution in [0, 0.1) is 11.6 Å². The third kappa shape index (κ3) is 3.72. The standard InChI is InChI=1S/C29H28F2N6O2/c1-15(2)24-26-16(8-10-32-24)5-4-12-39-22-7-3-6-18(30)23(22)25-19(31)13-17-27(35-29(38)37(26)28(17)34-25)36-11-9-20-21(36)14-33-20/h3,6-8,10,13,15,20-21,33H,4-5,9,11-12,14H2,1-2H3. The molecule has 3 aromatic heterocycles. The van der Waals surface area contributed by atoms with E-state index in [1.807, 2.05) is 19.9 Å². The molecule has 10 heteroatoms. The maximum atomic E-state index is 16.0. The van der Waals surface area contributed by atoms with E-state index in [-0.39, 0.29) is 41.2 Å². The quantitative estimate of drug-likeness (QED) is 0.417. The number of halogens is 2. The maximum absolute atomic E-state index is 16.0. The van der Waals surface area contributed by atoms with Crippen LogP contribution in [-0.4, -0.2) is 51.3 Å². The highest BCUT2D eigenvalue weighted by Gasteiger charge is 2.42. The lowest BCUT2D eigenvalue weighted by molar-refractivity contribution is 0.310. The van der Waals surface area contributed by atoms with Gasteiger partial charge in [0.05, 0.1) is 35.0 Å². The first-order valence-corrected chi connectivity index (χ1v) is 13.5. The van der Waals surface area contributed by atoms with Crippen molar-refractivity contribution in [1.29, 1.82) is 0 Å². The van der Waals surface area contributed by atoms with Gasteiger partial charge in [-0.2, -0.15) is 4.98 Å². The highest BCUT2D eigenvalue weighted by Crippen LogP contribution is 2.39. The highest BCUT2D eigenvalue weighted by molar-refractivity contribution is 5.91. The van der Waals surface area contributed by atoms with Gasteiger partial charge in [-0.1, -0.05) is 19.9 Å². The molecule has 0 saturated carbocycles. The van der Waals surface area contributed by atoms with E-state index in [9.17, 15) is 4.79 Å². The van der Waals surface area contributed by atoms with E-state index in [2.05, 4.69) is 20.2 Å². The molecule has 8 nitrogen and oxygen atoms in total. The van der Waals surface area contributed by atoms with Gasteiger partial charge in [0.2, 0.25) is 0 Å². The number of rotatable bonds is 2. The van der Waals surface area contributed by atoms with Crippen LogP contribution >= 0.6 is 0 Å². The number of ether oxygens (including phenoxy) is 1. The number of aromatic nitrogens is 4. The minimum Gasteiger partial charge on any atom is -0.493 e. The first-order valence-electron chi connectivity index (χ1n) is 13.5. The molecule has 4 aromatic rings. The zero-order valence-electron chi connectivity index (χ0n) is 21.7. The van der Waals surface area contributed by atoms with E-state index >= 15 is 8.78 Å².